The molecule has 96 valence electrons. The van der Waals surface area contributed by atoms with Gasteiger partial charge in [0.2, 0.25) is 0 Å². The third kappa shape index (κ3) is 2.46. The number of thiophene rings is 1. The first-order valence-electron chi connectivity index (χ1n) is 6.08. The van der Waals surface area contributed by atoms with E-state index < -0.39 is 0 Å². The van der Waals surface area contributed by atoms with Gasteiger partial charge >= 0.3 is 0 Å². The Hall–Kier alpha value is -1.52. The van der Waals surface area contributed by atoms with E-state index in [-0.39, 0.29) is 5.78 Å². The lowest BCUT2D eigenvalue weighted by Gasteiger charge is -1.93. The number of aromatic nitrogens is 1. The van der Waals surface area contributed by atoms with Gasteiger partial charge < -0.3 is 0 Å². The molecule has 3 aromatic rings. The van der Waals surface area contributed by atoms with E-state index in [1.54, 1.807) is 22.7 Å². The summed E-state index contributed by atoms with van der Waals surface area (Å²) in [6.07, 6.45) is 0.409. The average Bonchev–Trinajstić information content (AvgIpc) is 2.93. The summed E-state index contributed by atoms with van der Waals surface area (Å²) in [6.45, 7) is 4.03. The van der Waals surface area contributed by atoms with Gasteiger partial charge in [-0.2, -0.15) is 0 Å². The molecule has 0 unspecified atom stereocenters. The maximum atomic E-state index is 12.3. The zero-order valence-corrected chi connectivity index (χ0v) is 12.4. The molecular weight excluding hydrogens is 274 g/mol. The second-order valence-corrected chi connectivity index (χ2v) is 6.87. The Morgan fingerprint density at radius 3 is 2.68 bits per heavy atom. The number of aryl methyl sites for hydroxylation is 2. The number of thiazole rings is 1. The third-order valence-electron chi connectivity index (χ3n) is 3.08. The summed E-state index contributed by atoms with van der Waals surface area (Å²) in [4.78, 5) is 18.7. The molecule has 0 aliphatic heterocycles. The van der Waals surface area contributed by atoms with Gasteiger partial charge in [0, 0.05) is 9.58 Å². The number of hydrogen-bond donors (Lipinski definition) is 0. The van der Waals surface area contributed by atoms with Crippen LogP contribution in [-0.4, -0.2) is 10.8 Å². The molecule has 0 amide bonds. The summed E-state index contributed by atoms with van der Waals surface area (Å²) in [6, 6.07) is 10.1. The Bertz CT molecular complexity index is 702. The highest BCUT2D eigenvalue weighted by Gasteiger charge is 2.13. The van der Waals surface area contributed by atoms with Gasteiger partial charge in [-0.3, -0.25) is 4.79 Å². The Morgan fingerprint density at radius 2 is 2.00 bits per heavy atom. The van der Waals surface area contributed by atoms with Crippen molar-refractivity contribution in [1.29, 1.82) is 0 Å². The molecule has 2 nitrogen and oxygen atoms in total. The Kier molecular flexibility index (Phi) is 3.21. The minimum Gasteiger partial charge on any atom is -0.293 e. The molecule has 0 aliphatic carbocycles. The van der Waals surface area contributed by atoms with Crippen molar-refractivity contribution in [2.45, 2.75) is 20.3 Å². The van der Waals surface area contributed by atoms with Gasteiger partial charge in [0.15, 0.2) is 5.78 Å². The summed E-state index contributed by atoms with van der Waals surface area (Å²) < 4.78 is 1.16. The summed E-state index contributed by atoms with van der Waals surface area (Å²) in [7, 11) is 0. The molecule has 0 radical (unpaired) electrons. The number of hydrogen-bond acceptors (Lipinski definition) is 4. The number of carbonyl (C=O) groups excluding carboxylic acids is 1. The predicted octanol–water partition coefficient (Wildman–Crippen LogP) is 4.40. The molecule has 0 fully saturated rings. The number of rotatable bonds is 3. The highest BCUT2D eigenvalue weighted by molar-refractivity contribution is 7.20. The second-order valence-electron chi connectivity index (χ2n) is 4.50. The highest BCUT2D eigenvalue weighted by Crippen LogP contribution is 2.27. The van der Waals surface area contributed by atoms with Crippen LogP contribution < -0.4 is 0 Å². The minimum atomic E-state index is 0.162. The highest BCUT2D eigenvalue weighted by atomic mass is 32.1. The minimum absolute atomic E-state index is 0.162. The third-order valence-corrected chi connectivity index (χ3v) is 5.31. The number of carbonyl (C=O) groups is 1. The maximum Gasteiger partial charge on any atom is 0.179 e. The van der Waals surface area contributed by atoms with E-state index in [1.165, 1.54) is 4.88 Å². The predicted molar refractivity (Wildman–Crippen MR) is 81.4 cm³/mol. The van der Waals surface area contributed by atoms with E-state index in [2.05, 4.69) is 11.1 Å². The SMILES string of the molecule is Cc1nc(CC(=O)c2cc3ccccc3s2)sc1C. The zero-order chi connectivity index (χ0) is 13.4. The van der Waals surface area contributed by atoms with Crippen molar-refractivity contribution in [3.63, 3.8) is 0 Å². The number of benzene rings is 1. The molecular formula is C15H13NOS2. The van der Waals surface area contributed by atoms with Crippen molar-refractivity contribution in [1.82, 2.24) is 4.98 Å². The van der Waals surface area contributed by atoms with Crippen LogP contribution in [0.3, 0.4) is 0 Å². The fourth-order valence-corrected chi connectivity index (χ4v) is 3.89. The Morgan fingerprint density at radius 1 is 1.21 bits per heavy atom. The molecule has 3 rings (SSSR count). The van der Waals surface area contributed by atoms with Gasteiger partial charge in [-0.25, -0.2) is 4.98 Å². The first kappa shape index (κ1) is 12.5. The molecule has 4 heteroatoms. The molecule has 0 spiro atoms. The molecule has 0 N–H and O–H groups in total. The fraction of sp³-hybridized carbons (Fsp3) is 0.200. The van der Waals surface area contributed by atoms with Crippen LogP contribution in [0.2, 0.25) is 0 Å². The van der Waals surface area contributed by atoms with Crippen LogP contribution in [0.1, 0.15) is 25.3 Å². The fourth-order valence-electron chi connectivity index (χ4n) is 1.96. The summed E-state index contributed by atoms with van der Waals surface area (Å²) >= 11 is 3.18. The zero-order valence-electron chi connectivity index (χ0n) is 10.8. The van der Waals surface area contributed by atoms with Crippen LogP contribution >= 0.6 is 22.7 Å². The van der Waals surface area contributed by atoms with Crippen LogP contribution in [0.25, 0.3) is 10.1 Å². The van der Waals surface area contributed by atoms with E-state index in [9.17, 15) is 4.79 Å². The molecule has 2 heterocycles. The van der Waals surface area contributed by atoms with E-state index >= 15 is 0 Å². The lowest BCUT2D eigenvalue weighted by Crippen LogP contribution is -2.00. The van der Waals surface area contributed by atoms with Gasteiger partial charge in [-0.1, -0.05) is 18.2 Å². The largest absolute Gasteiger partial charge is 0.293 e. The lowest BCUT2D eigenvalue weighted by atomic mass is 10.2. The van der Waals surface area contributed by atoms with Crippen molar-refractivity contribution >= 4 is 38.5 Å². The Labute approximate surface area is 119 Å². The summed E-state index contributed by atoms with van der Waals surface area (Å²) in [5, 5.41) is 2.06. The second kappa shape index (κ2) is 4.87. The van der Waals surface area contributed by atoms with Crippen molar-refractivity contribution in [3.8, 4) is 0 Å². The van der Waals surface area contributed by atoms with Gasteiger partial charge in [0.25, 0.3) is 0 Å². The van der Waals surface area contributed by atoms with Crippen LogP contribution in [0.15, 0.2) is 30.3 Å². The number of ketones is 1. The van der Waals surface area contributed by atoms with Crippen LogP contribution in [-0.2, 0) is 6.42 Å². The van der Waals surface area contributed by atoms with Crippen LogP contribution in [0.5, 0.6) is 0 Å². The molecule has 0 atom stereocenters. The van der Waals surface area contributed by atoms with E-state index in [4.69, 9.17) is 0 Å². The van der Waals surface area contributed by atoms with Crippen LogP contribution in [0.4, 0.5) is 0 Å². The smallest absolute Gasteiger partial charge is 0.179 e. The van der Waals surface area contributed by atoms with Crippen molar-refractivity contribution in [3.05, 3.63) is 50.8 Å². The molecule has 0 aliphatic rings. The molecule has 0 bridgehead atoms. The average molecular weight is 287 g/mol. The van der Waals surface area contributed by atoms with Gasteiger partial charge in [0.05, 0.1) is 17.0 Å². The van der Waals surface area contributed by atoms with Crippen LogP contribution in [0, 0.1) is 13.8 Å². The van der Waals surface area contributed by atoms with Gasteiger partial charge in [-0.05, 0) is 31.4 Å². The summed E-state index contributed by atoms with van der Waals surface area (Å²) in [5.41, 5.74) is 1.03. The number of Topliss-reactive ketones (excluding diaryl/α,β-unsaturated/α-hetero) is 1. The van der Waals surface area contributed by atoms with Gasteiger partial charge in [-0.15, -0.1) is 22.7 Å². The topological polar surface area (TPSA) is 30.0 Å². The standard InChI is InChI=1S/C15H13NOS2/c1-9-10(2)18-15(16-9)8-12(17)14-7-11-5-3-4-6-13(11)19-14/h3-7H,8H2,1-2H3. The molecule has 0 saturated carbocycles. The van der Waals surface area contributed by atoms with Gasteiger partial charge in [0.1, 0.15) is 5.01 Å². The number of nitrogens with zero attached hydrogens (tertiary/aromatic N) is 1. The summed E-state index contributed by atoms with van der Waals surface area (Å²) in [5.74, 6) is 0.162. The first-order chi connectivity index (χ1) is 9.13. The Balaban J connectivity index is 1.87. The quantitative estimate of drug-likeness (QED) is 0.668. The number of fused-ring (bicyclic) bond motifs is 1. The lowest BCUT2D eigenvalue weighted by molar-refractivity contribution is 0.0997. The first-order valence-corrected chi connectivity index (χ1v) is 7.71. The molecule has 19 heavy (non-hydrogen) atoms. The normalized spacial score (nSPS) is 11.1. The molecule has 2 aromatic heterocycles. The van der Waals surface area contributed by atoms with Crippen molar-refractivity contribution in [2.75, 3.05) is 0 Å². The van der Waals surface area contributed by atoms with E-state index in [0.717, 1.165) is 25.7 Å². The van der Waals surface area contributed by atoms with E-state index in [1.807, 2.05) is 38.1 Å². The molecule has 1 aromatic carbocycles. The van der Waals surface area contributed by atoms with Crippen molar-refractivity contribution < 1.29 is 4.79 Å². The molecule has 0 saturated heterocycles. The monoisotopic (exact) mass is 287 g/mol. The van der Waals surface area contributed by atoms with Crippen molar-refractivity contribution in [2.24, 2.45) is 0 Å². The maximum absolute atomic E-state index is 12.3. The van der Waals surface area contributed by atoms with E-state index in [0.29, 0.717) is 6.42 Å².